The Balaban J connectivity index is 2.73. The molecule has 2 heterocycles. The van der Waals surface area contributed by atoms with Crippen molar-refractivity contribution < 1.29 is 0 Å². The molecule has 0 fully saturated rings. The van der Waals surface area contributed by atoms with Crippen molar-refractivity contribution in [2.75, 3.05) is 0 Å². The van der Waals surface area contributed by atoms with E-state index in [9.17, 15) is 4.79 Å². The maximum Gasteiger partial charge on any atom is 0.355 e. The maximum atomic E-state index is 11.5. The van der Waals surface area contributed by atoms with Gasteiger partial charge in [-0.25, -0.2) is 14.2 Å². The average Bonchev–Trinajstić information content (AvgIpc) is 2.57. The Hall–Kier alpha value is -1.75. The monoisotopic (exact) mass is 203 g/mol. The molecule has 4 nitrogen and oxygen atoms in total. The zero-order valence-corrected chi connectivity index (χ0v) is 7.86. The van der Waals surface area contributed by atoms with Gasteiger partial charge in [0.1, 0.15) is 6.33 Å². The summed E-state index contributed by atoms with van der Waals surface area (Å²) >= 11 is 1.49. The Morgan fingerprint density at radius 2 is 2.07 bits per heavy atom. The summed E-state index contributed by atoms with van der Waals surface area (Å²) in [7, 11) is 0. The van der Waals surface area contributed by atoms with Crippen molar-refractivity contribution >= 4 is 26.5 Å². The molecule has 0 atom stereocenters. The Bertz CT molecular complexity index is 670. The van der Waals surface area contributed by atoms with Crippen LogP contribution in [0.15, 0.2) is 35.4 Å². The molecular weight excluding hydrogens is 198 g/mol. The van der Waals surface area contributed by atoms with Crippen molar-refractivity contribution in [3.05, 3.63) is 41.1 Å². The maximum absolute atomic E-state index is 11.5. The summed E-state index contributed by atoms with van der Waals surface area (Å²) in [6.45, 7) is 0. The second kappa shape index (κ2) is 2.62. The molecule has 0 spiro atoms. The molecule has 0 radical (unpaired) electrons. The molecule has 1 aromatic carbocycles. The predicted octanol–water partition coefficient (Wildman–Crippen LogP) is 1.30. The molecule has 0 bridgehead atoms. The Morgan fingerprint density at radius 1 is 1.21 bits per heavy atom. The van der Waals surface area contributed by atoms with Gasteiger partial charge < -0.3 is 0 Å². The van der Waals surface area contributed by atoms with Crippen LogP contribution in [0.4, 0.5) is 0 Å². The number of rotatable bonds is 0. The van der Waals surface area contributed by atoms with Crippen LogP contribution < -0.4 is 5.69 Å². The lowest BCUT2D eigenvalue weighted by atomic mass is 10.3. The van der Waals surface area contributed by atoms with E-state index in [1.807, 2.05) is 24.3 Å². The SMILES string of the molecule is O=c1ncnc2sc3ccccc3n12. The van der Waals surface area contributed by atoms with E-state index in [0.717, 1.165) is 10.2 Å². The first-order valence-corrected chi connectivity index (χ1v) is 4.89. The Morgan fingerprint density at radius 3 is 3.00 bits per heavy atom. The highest BCUT2D eigenvalue weighted by Gasteiger charge is 2.05. The lowest BCUT2D eigenvalue weighted by molar-refractivity contribution is 0.984. The summed E-state index contributed by atoms with van der Waals surface area (Å²) in [5.41, 5.74) is 0.602. The molecule has 0 aliphatic rings. The number of hydrogen-bond acceptors (Lipinski definition) is 4. The van der Waals surface area contributed by atoms with Gasteiger partial charge in [-0.05, 0) is 12.1 Å². The topological polar surface area (TPSA) is 47.3 Å². The van der Waals surface area contributed by atoms with Crippen LogP contribution in [0.5, 0.6) is 0 Å². The van der Waals surface area contributed by atoms with Crippen LogP contribution in [-0.2, 0) is 0 Å². The van der Waals surface area contributed by atoms with Crippen LogP contribution in [0, 0.1) is 0 Å². The predicted molar refractivity (Wildman–Crippen MR) is 54.6 cm³/mol. The molecule has 0 saturated heterocycles. The highest BCUT2D eigenvalue weighted by molar-refractivity contribution is 7.23. The summed E-state index contributed by atoms with van der Waals surface area (Å²) in [5.74, 6) is 0. The number of benzene rings is 1. The smallest absolute Gasteiger partial charge is 0.245 e. The largest absolute Gasteiger partial charge is 0.355 e. The number of aromatic nitrogens is 3. The molecule has 0 amide bonds. The normalized spacial score (nSPS) is 11.1. The van der Waals surface area contributed by atoms with Crippen molar-refractivity contribution in [1.82, 2.24) is 14.4 Å². The van der Waals surface area contributed by atoms with Gasteiger partial charge in [0.2, 0.25) is 0 Å². The Labute approximate surface area is 82.5 Å². The van der Waals surface area contributed by atoms with Crippen LogP contribution in [0.3, 0.4) is 0 Å². The zero-order valence-electron chi connectivity index (χ0n) is 7.04. The first-order valence-electron chi connectivity index (χ1n) is 4.07. The number of para-hydroxylation sites is 1. The first-order chi connectivity index (χ1) is 6.86. The third kappa shape index (κ3) is 0.898. The van der Waals surface area contributed by atoms with E-state index < -0.39 is 0 Å². The lowest BCUT2D eigenvalue weighted by Gasteiger charge is -1.90. The average molecular weight is 203 g/mol. The van der Waals surface area contributed by atoms with Crippen LogP contribution in [0.1, 0.15) is 0 Å². The second-order valence-corrected chi connectivity index (χ2v) is 3.85. The fraction of sp³-hybridized carbons (Fsp3) is 0. The molecule has 0 aliphatic heterocycles. The lowest BCUT2D eigenvalue weighted by Crippen LogP contribution is -2.15. The van der Waals surface area contributed by atoms with Crippen molar-refractivity contribution in [2.45, 2.75) is 0 Å². The summed E-state index contributed by atoms with van der Waals surface area (Å²) in [6.07, 6.45) is 1.30. The quantitative estimate of drug-likeness (QED) is 0.553. The number of fused-ring (bicyclic) bond motifs is 3. The molecule has 0 saturated carbocycles. The standard InChI is InChI=1S/C9H5N3OS/c13-8-10-5-11-9-12(8)6-3-1-2-4-7(6)14-9/h1-5H. The number of nitrogens with zero attached hydrogens (tertiary/aromatic N) is 3. The molecule has 5 heteroatoms. The minimum Gasteiger partial charge on any atom is -0.245 e. The molecule has 2 aromatic heterocycles. The van der Waals surface area contributed by atoms with E-state index >= 15 is 0 Å². The molecule has 68 valence electrons. The molecular formula is C9H5N3OS. The molecule has 0 N–H and O–H groups in total. The van der Waals surface area contributed by atoms with Crippen LogP contribution >= 0.6 is 11.3 Å². The zero-order chi connectivity index (χ0) is 9.54. The number of hydrogen-bond donors (Lipinski definition) is 0. The van der Waals surface area contributed by atoms with Gasteiger partial charge in [0, 0.05) is 0 Å². The van der Waals surface area contributed by atoms with Crippen molar-refractivity contribution in [3.8, 4) is 0 Å². The fourth-order valence-corrected chi connectivity index (χ4v) is 2.40. The molecule has 0 unspecified atom stereocenters. The third-order valence-corrected chi connectivity index (χ3v) is 3.06. The van der Waals surface area contributed by atoms with Crippen LogP contribution in [0.25, 0.3) is 15.2 Å². The minimum atomic E-state index is -0.271. The molecule has 0 aliphatic carbocycles. The van der Waals surface area contributed by atoms with Crippen molar-refractivity contribution in [2.24, 2.45) is 0 Å². The van der Waals surface area contributed by atoms with E-state index in [1.54, 1.807) is 0 Å². The van der Waals surface area contributed by atoms with E-state index in [0.29, 0.717) is 4.96 Å². The van der Waals surface area contributed by atoms with E-state index in [-0.39, 0.29) is 5.69 Å². The van der Waals surface area contributed by atoms with Gasteiger partial charge in [0.15, 0.2) is 4.96 Å². The second-order valence-electron chi connectivity index (χ2n) is 2.84. The molecule has 3 aromatic rings. The fourth-order valence-electron chi connectivity index (χ4n) is 1.43. The summed E-state index contributed by atoms with van der Waals surface area (Å²) in [4.78, 5) is 19.8. The Kier molecular flexibility index (Phi) is 1.43. The van der Waals surface area contributed by atoms with Gasteiger partial charge >= 0.3 is 5.69 Å². The third-order valence-electron chi connectivity index (χ3n) is 2.03. The molecule has 14 heavy (non-hydrogen) atoms. The van der Waals surface area contributed by atoms with E-state index in [1.165, 1.54) is 22.1 Å². The van der Waals surface area contributed by atoms with Gasteiger partial charge in [-0.1, -0.05) is 23.5 Å². The van der Waals surface area contributed by atoms with Crippen molar-refractivity contribution in [1.29, 1.82) is 0 Å². The highest BCUT2D eigenvalue weighted by atomic mass is 32.1. The summed E-state index contributed by atoms with van der Waals surface area (Å²) in [6, 6.07) is 7.70. The number of thiazole rings is 1. The summed E-state index contributed by atoms with van der Waals surface area (Å²) < 4.78 is 2.57. The van der Waals surface area contributed by atoms with Gasteiger partial charge in [-0.3, -0.25) is 0 Å². The minimum absolute atomic E-state index is 0.271. The van der Waals surface area contributed by atoms with Gasteiger partial charge in [0.05, 0.1) is 10.2 Å². The van der Waals surface area contributed by atoms with Crippen LogP contribution in [0.2, 0.25) is 0 Å². The van der Waals surface area contributed by atoms with Crippen LogP contribution in [-0.4, -0.2) is 14.4 Å². The van der Waals surface area contributed by atoms with Crippen molar-refractivity contribution in [3.63, 3.8) is 0 Å². The summed E-state index contributed by atoms with van der Waals surface area (Å²) in [5, 5.41) is 0. The van der Waals surface area contributed by atoms with Gasteiger partial charge in [-0.2, -0.15) is 4.98 Å². The van der Waals surface area contributed by atoms with E-state index in [2.05, 4.69) is 9.97 Å². The van der Waals surface area contributed by atoms with Gasteiger partial charge in [-0.15, -0.1) is 0 Å². The first kappa shape index (κ1) is 7.64. The highest BCUT2D eigenvalue weighted by Crippen LogP contribution is 2.22. The van der Waals surface area contributed by atoms with E-state index in [4.69, 9.17) is 0 Å². The molecule has 3 rings (SSSR count). The van der Waals surface area contributed by atoms with Gasteiger partial charge in [0.25, 0.3) is 0 Å².